The molecule has 1 aliphatic carbocycles. The maximum absolute atomic E-state index is 13.3. The van der Waals surface area contributed by atoms with Crippen LogP contribution in [0.1, 0.15) is 38.2 Å². The van der Waals surface area contributed by atoms with Crippen molar-refractivity contribution >= 4 is 17.3 Å². The summed E-state index contributed by atoms with van der Waals surface area (Å²) in [4.78, 5) is 4.26. The molecule has 1 fully saturated rings. The second-order valence-electron chi connectivity index (χ2n) is 6.72. The lowest BCUT2D eigenvalue weighted by Gasteiger charge is -2.30. The number of nitrogens with zero attached hydrogens (tertiary/aromatic N) is 1. The van der Waals surface area contributed by atoms with Crippen molar-refractivity contribution in [2.24, 2.45) is 5.92 Å². The minimum atomic E-state index is -0.343. The van der Waals surface area contributed by atoms with E-state index >= 15 is 0 Å². The Hall–Kier alpha value is -2.21. The molecule has 2 aromatic rings. The van der Waals surface area contributed by atoms with E-state index in [9.17, 15) is 4.39 Å². The van der Waals surface area contributed by atoms with Crippen molar-refractivity contribution in [3.63, 3.8) is 0 Å². The van der Waals surface area contributed by atoms with E-state index in [0.29, 0.717) is 35.2 Å². The lowest BCUT2D eigenvalue weighted by atomic mass is 9.86. The fourth-order valence-corrected chi connectivity index (χ4v) is 3.44. The van der Waals surface area contributed by atoms with Crippen molar-refractivity contribution in [1.82, 2.24) is 15.6 Å². The predicted octanol–water partition coefficient (Wildman–Crippen LogP) is 4.56. The Kier molecular flexibility index (Phi) is 6.39. The maximum atomic E-state index is 13.3. The van der Waals surface area contributed by atoms with Gasteiger partial charge >= 0.3 is 0 Å². The van der Waals surface area contributed by atoms with E-state index in [-0.39, 0.29) is 5.82 Å². The Labute approximate surface area is 159 Å². The molecule has 1 heterocycles. The van der Waals surface area contributed by atoms with E-state index in [1.165, 1.54) is 31.4 Å². The van der Waals surface area contributed by atoms with Gasteiger partial charge in [-0.15, -0.1) is 0 Å². The number of halogens is 1. The molecule has 0 amide bonds. The normalized spacial score (nSPS) is 19.6. The molecular formula is C20H24FN3OS. The zero-order valence-electron chi connectivity index (χ0n) is 14.9. The molecule has 1 aliphatic rings. The number of nitrogens with one attached hydrogen (secondary N) is 2. The molecule has 0 saturated heterocycles. The van der Waals surface area contributed by atoms with Crippen LogP contribution in [-0.4, -0.2) is 16.1 Å². The van der Waals surface area contributed by atoms with Gasteiger partial charge in [-0.3, -0.25) is 0 Å². The van der Waals surface area contributed by atoms with Crippen molar-refractivity contribution in [2.75, 3.05) is 0 Å². The van der Waals surface area contributed by atoms with Crippen molar-refractivity contribution in [3.05, 3.63) is 54.0 Å². The highest BCUT2D eigenvalue weighted by atomic mass is 32.1. The molecule has 0 radical (unpaired) electrons. The molecule has 1 aromatic carbocycles. The molecular weight excluding hydrogens is 349 g/mol. The first-order chi connectivity index (χ1) is 12.6. The number of hydrogen-bond donors (Lipinski definition) is 2. The topological polar surface area (TPSA) is 46.2 Å². The van der Waals surface area contributed by atoms with Crippen LogP contribution in [0.15, 0.2) is 42.6 Å². The number of aromatic nitrogens is 1. The summed E-state index contributed by atoms with van der Waals surface area (Å²) in [6.07, 6.45) is 6.60. The first-order valence-electron chi connectivity index (χ1n) is 9.03. The van der Waals surface area contributed by atoms with E-state index in [2.05, 4.69) is 22.5 Å². The molecule has 4 nitrogen and oxygen atoms in total. The summed E-state index contributed by atoms with van der Waals surface area (Å²) in [5.41, 5.74) is 0.859. The summed E-state index contributed by atoms with van der Waals surface area (Å²) in [5, 5.41) is 7.30. The first kappa shape index (κ1) is 18.6. The lowest BCUT2D eigenvalue weighted by Crippen LogP contribution is -2.45. The van der Waals surface area contributed by atoms with Crippen LogP contribution in [0.25, 0.3) is 0 Å². The average Bonchev–Trinajstić information content (AvgIpc) is 2.63. The number of ether oxygens (including phenoxy) is 1. The van der Waals surface area contributed by atoms with Crippen LogP contribution < -0.4 is 15.4 Å². The molecule has 0 spiro atoms. The number of benzene rings is 1. The molecule has 138 valence electrons. The minimum Gasteiger partial charge on any atom is -0.439 e. The Morgan fingerprint density at radius 3 is 2.92 bits per heavy atom. The van der Waals surface area contributed by atoms with E-state index < -0.39 is 0 Å². The van der Waals surface area contributed by atoms with E-state index in [0.717, 1.165) is 12.0 Å². The van der Waals surface area contributed by atoms with Gasteiger partial charge in [-0.05, 0) is 49.2 Å². The zero-order valence-corrected chi connectivity index (χ0v) is 15.7. The Morgan fingerprint density at radius 2 is 2.12 bits per heavy atom. The molecule has 1 aromatic heterocycles. The van der Waals surface area contributed by atoms with Gasteiger partial charge in [0.1, 0.15) is 11.6 Å². The van der Waals surface area contributed by atoms with E-state index in [1.807, 2.05) is 12.1 Å². The van der Waals surface area contributed by atoms with Crippen LogP contribution in [0.2, 0.25) is 0 Å². The summed E-state index contributed by atoms with van der Waals surface area (Å²) in [5.74, 6) is 1.15. The van der Waals surface area contributed by atoms with Crippen LogP contribution in [0, 0.1) is 11.7 Å². The van der Waals surface area contributed by atoms with Crippen LogP contribution in [0.5, 0.6) is 11.6 Å². The monoisotopic (exact) mass is 373 g/mol. The van der Waals surface area contributed by atoms with Gasteiger partial charge in [0, 0.05) is 30.4 Å². The van der Waals surface area contributed by atoms with Crippen LogP contribution >= 0.6 is 12.2 Å². The second kappa shape index (κ2) is 8.94. The highest BCUT2D eigenvalue weighted by Crippen LogP contribution is 2.24. The van der Waals surface area contributed by atoms with E-state index in [4.69, 9.17) is 17.0 Å². The van der Waals surface area contributed by atoms with Gasteiger partial charge in [-0.1, -0.05) is 31.9 Å². The largest absolute Gasteiger partial charge is 0.439 e. The van der Waals surface area contributed by atoms with Crippen molar-refractivity contribution in [3.8, 4) is 11.6 Å². The molecule has 6 heteroatoms. The standard InChI is InChI=1S/C20H24FN3OS/c1-14-6-2-3-10-18(14)24-20(26)23-13-15-7-5-11-22-19(15)25-17-9-4-8-16(21)12-17/h4-5,7-9,11-12,14,18H,2-3,6,10,13H2,1H3,(H2,23,24,26). The Bertz CT molecular complexity index is 755. The summed E-state index contributed by atoms with van der Waals surface area (Å²) < 4.78 is 19.1. The van der Waals surface area contributed by atoms with Gasteiger partial charge in [0.05, 0.1) is 0 Å². The smallest absolute Gasteiger partial charge is 0.224 e. The highest BCUT2D eigenvalue weighted by molar-refractivity contribution is 7.80. The minimum absolute atomic E-state index is 0.343. The molecule has 26 heavy (non-hydrogen) atoms. The van der Waals surface area contributed by atoms with Crippen LogP contribution in [0.3, 0.4) is 0 Å². The fourth-order valence-electron chi connectivity index (χ4n) is 3.22. The Balaban J connectivity index is 1.58. The van der Waals surface area contributed by atoms with Gasteiger partial charge in [0.25, 0.3) is 0 Å². The number of hydrogen-bond acceptors (Lipinski definition) is 3. The number of thiocarbonyl (C=S) groups is 1. The van der Waals surface area contributed by atoms with Crippen molar-refractivity contribution in [1.29, 1.82) is 0 Å². The molecule has 0 aliphatic heterocycles. The zero-order chi connectivity index (χ0) is 18.4. The van der Waals surface area contributed by atoms with E-state index in [1.54, 1.807) is 18.3 Å². The second-order valence-corrected chi connectivity index (χ2v) is 7.13. The van der Waals surface area contributed by atoms with Crippen LogP contribution in [-0.2, 0) is 6.54 Å². The SMILES string of the molecule is CC1CCCCC1NC(=S)NCc1cccnc1Oc1cccc(F)c1. The maximum Gasteiger partial charge on any atom is 0.224 e. The quantitative estimate of drug-likeness (QED) is 0.753. The third-order valence-electron chi connectivity index (χ3n) is 4.73. The summed E-state index contributed by atoms with van der Waals surface area (Å²) in [6.45, 7) is 2.76. The molecule has 2 atom stereocenters. The Morgan fingerprint density at radius 1 is 1.27 bits per heavy atom. The average molecular weight is 373 g/mol. The highest BCUT2D eigenvalue weighted by Gasteiger charge is 2.21. The molecule has 3 rings (SSSR count). The predicted molar refractivity (Wildman–Crippen MR) is 105 cm³/mol. The van der Waals surface area contributed by atoms with Gasteiger partial charge in [-0.2, -0.15) is 0 Å². The van der Waals surface area contributed by atoms with Gasteiger partial charge < -0.3 is 15.4 Å². The van der Waals surface area contributed by atoms with Gasteiger partial charge in [-0.25, -0.2) is 9.37 Å². The molecule has 1 saturated carbocycles. The summed E-state index contributed by atoms with van der Waals surface area (Å²) >= 11 is 5.44. The van der Waals surface area contributed by atoms with Gasteiger partial charge in [0.15, 0.2) is 5.11 Å². The summed E-state index contributed by atoms with van der Waals surface area (Å²) in [7, 11) is 0. The third kappa shape index (κ3) is 5.14. The first-order valence-corrected chi connectivity index (χ1v) is 9.44. The summed E-state index contributed by atoms with van der Waals surface area (Å²) in [6, 6.07) is 10.2. The molecule has 2 N–H and O–H groups in total. The number of pyridine rings is 1. The molecule has 0 bridgehead atoms. The fraction of sp³-hybridized carbons (Fsp3) is 0.400. The lowest BCUT2D eigenvalue weighted by molar-refractivity contribution is 0.308. The third-order valence-corrected chi connectivity index (χ3v) is 4.99. The molecule has 2 unspecified atom stereocenters. The van der Waals surface area contributed by atoms with Gasteiger partial charge in [0.2, 0.25) is 5.88 Å². The van der Waals surface area contributed by atoms with Crippen molar-refractivity contribution in [2.45, 2.75) is 45.2 Å². The number of rotatable bonds is 5. The van der Waals surface area contributed by atoms with Crippen LogP contribution in [0.4, 0.5) is 4.39 Å². The van der Waals surface area contributed by atoms with Crippen molar-refractivity contribution < 1.29 is 9.13 Å².